The smallest absolute Gasteiger partial charge is 0.256 e. The molecule has 0 radical (unpaired) electrons. The van der Waals surface area contributed by atoms with Crippen LogP contribution in [-0.2, 0) is 0 Å². The molecule has 20 heavy (non-hydrogen) atoms. The van der Waals surface area contributed by atoms with Gasteiger partial charge in [0.1, 0.15) is 11.5 Å². The predicted molar refractivity (Wildman–Crippen MR) is 78.5 cm³/mol. The molecule has 0 saturated heterocycles. The van der Waals surface area contributed by atoms with Gasteiger partial charge in [0.2, 0.25) is 0 Å². The zero-order chi connectivity index (χ0) is 14.7. The number of amides is 1. The van der Waals surface area contributed by atoms with Crippen LogP contribution in [0.3, 0.4) is 0 Å². The standard InChI is InChI=1S/C16H17NO3/c1-10-4-7-15(20-3)14(8-10)17-16(19)13-6-5-12(18)9-11(13)2/h4-9,18H,1-3H3,(H,17,19). The normalized spacial score (nSPS) is 10.2. The highest BCUT2D eigenvalue weighted by Crippen LogP contribution is 2.26. The average molecular weight is 271 g/mol. The number of carbonyl (C=O) groups is 1. The fraction of sp³-hybridized carbons (Fsp3) is 0.188. The molecule has 0 aliphatic rings. The lowest BCUT2D eigenvalue weighted by atomic mass is 10.1. The molecule has 0 aliphatic carbocycles. The fourth-order valence-electron chi connectivity index (χ4n) is 2.01. The maximum atomic E-state index is 12.3. The number of hydrogen-bond donors (Lipinski definition) is 2. The molecule has 0 aliphatic heterocycles. The highest BCUT2D eigenvalue weighted by atomic mass is 16.5. The topological polar surface area (TPSA) is 58.6 Å². The first-order chi connectivity index (χ1) is 9.51. The number of methoxy groups -OCH3 is 1. The molecule has 4 nitrogen and oxygen atoms in total. The molecule has 104 valence electrons. The van der Waals surface area contributed by atoms with E-state index in [1.54, 1.807) is 26.2 Å². The lowest BCUT2D eigenvalue weighted by molar-refractivity contribution is 0.102. The van der Waals surface area contributed by atoms with Gasteiger partial charge in [-0.15, -0.1) is 0 Å². The Kier molecular flexibility index (Phi) is 3.94. The molecule has 4 heteroatoms. The van der Waals surface area contributed by atoms with Crippen molar-refractivity contribution < 1.29 is 14.6 Å². The molecular formula is C16H17NO3. The number of hydrogen-bond acceptors (Lipinski definition) is 3. The van der Waals surface area contributed by atoms with Crippen LogP contribution in [0.15, 0.2) is 36.4 Å². The first-order valence-electron chi connectivity index (χ1n) is 6.27. The van der Waals surface area contributed by atoms with E-state index in [0.29, 0.717) is 22.6 Å². The number of phenols is 1. The number of aryl methyl sites for hydroxylation is 2. The van der Waals surface area contributed by atoms with Gasteiger partial charge in [0.05, 0.1) is 12.8 Å². The van der Waals surface area contributed by atoms with Crippen LogP contribution >= 0.6 is 0 Å². The van der Waals surface area contributed by atoms with E-state index in [9.17, 15) is 9.90 Å². The summed E-state index contributed by atoms with van der Waals surface area (Å²) in [5, 5.41) is 12.2. The number of carbonyl (C=O) groups excluding carboxylic acids is 1. The van der Waals surface area contributed by atoms with E-state index < -0.39 is 0 Å². The summed E-state index contributed by atoms with van der Waals surface area (Å²) in [6.07, 6.45) is 0. The molecule has 2 rings (SSSR count). The molecule has 0 aromatic heterocycles. The van der Waals surface area contributed by atoms with Gasteiger partial charge < -0.3 is 15.2 Å². The van der Waals surface area contributed by atoms with Crippen LogP contribution in [0.1, 0.15) is 21.5 Å². The second-order valence-electron chi connectivity index (χ2n) is 4.66. The Balaban J connectivity index is 2.30. The summed E-state index contributed by atoms with van der Waals surface area (Å²) in [7, 11) is 1.56. The summed E-state index contributed by atoms with van der Waals surface area (Å²) >= 11 is 0. The number of aromatic hydroxyl groups is 1. The second kappa shape index (κ2) is 5.65. The number of benzene rings is 2. The van der Waals surface area contributed by atoms with Crippen molar-refractivity contribution >= 4 is 11.6 Å². The molecule has 0 unspecified atom stereocenters. The van der Waals surface area contributed by atoms with Crippen molar-refractivity contribution in [2.45, 2.75) is 13.8 Å². The van der Waals surface area contributed by atoms with Gasteiger partial charge in [-0.1, -0.05) is 6.07 Å². The molecule has 2 aromatic carbocycles. The second-order valence-corrected chi connectivity index (χ2v) is 4.66. The van der Waals surface area contributed by atoms with E-state index in [4.69, 9.17) is 4.74 Å². The largest absolute Gasteiger partial charge is 0.508 e. The molecule has 0 fully saturated rings. The summed E-state index contributed by atoms with van der Waals surface area (Å²) in [6, 6.07) is 10.2. The molecule has 0 heterocycles. The van der Waals surface area contributed by atoms with Gasteiger partial charge in [0, 0.05) is 5.56 Å². The summed E-state index contributed by atoms with van der Waals surface area (Å²) in [5.41, 5.74) is 2.90. The first kappa shape index (κ1) is 13.9. The zero-order valence-electron chi connectivity index (χ0n) is 11.7. The minimum absolute atomic E-state index is 0.146. The van der Waals surface area contributed by atoms with Crippen molar-refractivity contribution in [3.8, 4) is 11.5 Å². The first-order valence-corrected chi connectivity index (χ1v) is 6.27. The van der Waals surface area contributed by atoms with Gasteiger partial charge in [-0.3, -0.25) is 4.79 Å². The van der Waals surface area contributed by atoms with Crippen molar-refractivity contribution in [1.29, 1.82) is 0 Å². The third kappa shape index (κ3) is 2.91. The summed E-state index contributed by atoms with van der Waals surface area (Å²) < 4.78 is 5.23. The summed E-state index contributed by atoms with van der Waals surface area (Å²) in [5.74, 6) is 0.527. The molecule has 0 atom stereocenters. The monoisotopic (exact) mass is 271 g/mol. The number of rotatable bonds is 3. The van der Waals surface area contributed by atoms with Crippen molar-refractivity contribution in [1.82, 2.24) is 0 Å². The predicted octanol–water partition coefficient (Wildman–Crippen LogP) is 3.27. The van der Waals surface area contributed by atoms with Gasteiger partial charge in [-0.25, -0.2) is 0 Å². The van der Waals surface area contributed by atoms with Gasteiger partial charge >= 0.3 is 0 Å². The number of ether oxygens (including phenoxy) is 1. The Bertz CT molecular complexity index is 650. The van der Waals surface area contributed by atoms with E-state index in [0.717, 1.165) is 5.56 Å². The van der Waals surface area contributed by atoms with E-state index in [1.165, 1.54) is 6.07 Å². The number of phenolic OH excluding ortho intramolecular Hbond substituents is 1. The van der Waals surface area contributed by atoms with E-state index >= 15 is 0 Å². The lowest BCUT2D eigenvalue weighted by Crippen LogP contribution is -2.14. The summed E-state index contributed by atoms with van der Waals surface area (Å²) in [4.78, 5) is 12.3. The zero-order valence-corrected chi connectivity index (χ0v) is 11.7. The van der Waals surface area contributed by atoms with Crippen LogP contribution in [0.4, 0.5) is 5.69 Å². The number of nitrogens with one attached hydrogen (secondary N) is 1. The Labute approximate surface area is 118 Å². The van der Waals surface area contributed by atoms with E-state index in [2.05, 4.69) is 5.32 Å². The molecule has 1 amide bonds. The summed E-state index contributed by atoms with van der Waals surface area (Å²) in [6.45, 7) is 3.73. The molecule has 2 aromatic rings. The van der Waals surface area contributed by atoms with Gasteiger partial charge in [-0.2, -0.15) is 0 Å². The van der Waals surface area contributed by atoms with Gasteiger partial charge in [0.25, 0.3) is 5.91 Å². The van der Waals surface area contributed by atoms with E-state index in [1.807, 2.05) is 25.1 Å². The number of anilines is 1. The fourth-order valence-corrected chi connectivity index (χ4v) is 2.01. The third-order valence-corrected chi connectivity index (χ3v) is 3.06. The SMILES string of the molecule is COc1ccc(C)cc1NC(=O)c1ccc(O)cc1C. The van der Waals surface area contributed by atoms with Crippen LogP contribution in [0.25, 0.3) is 0 Å². The maximum Gasteiger partial charge on any atom is 0.256 e. The van der Waals surface area contributed by atoms with Gasteiger partial charge in [0.15, 0.2) is 0 Å². The third-order valence-electron chi connectivity index (χ3n) is 3.06. The minimum atomic E-state index is -0.230. The molecule has 0 saturated carbocycles. The van der Waals surface area contributed by atoms with Crippen LogP contribution in [0.5, 0.6) is 11.5 Å². The molecule has 0 bridgehead atoms. The Morgan fingerprint density at radius 3 is 2.55 bits per heavy atom. The quantitative estimate of drug-likeness (QED) is 0.900. The van der Waals surface area contributed by atoms with Crippen LogP contribution in [0.2, 0.25) is 0 Å². The average Bonchev–Trinajstić information content (AvgIpc) is 2.38. The van der Waals surface area contributed by atoms with Crippen molar-refractivity contribution in [3.63, 3.8) is 0 Å². The Morgan fingerprint density at radius 1 is 1.15 bits per heavy atom. The highest BCUT2D eigenvalue weighted by Gasteiger charge is 2.12. The van der Waals surface area contributed by atoms with Crippen LogP contribution in [0, 0.1) is 13.8 Å². The van der Waals surface area contributed by atoms with E-state index in [-0.39, 0.29) is 11.7 Å². The molecule has 0 spiro atoms. The Morgan fingerprint density at radius 2 is 1.90 bits per heavy atom. The lowest BCUT2D eigenvalue weighted by Gasteiger charge is -2.12. The molecule has 2 N–H and O–H groups in total. The highest BCUT2D eigenvalue weighted by molar-refractivity contribution is 6.06. The van der Waals surface area contributed by atoms with Crippen molar-refractivity contribution in [2.75, 3.05) is 12.4 Å². The van der Waals surface area contributed by atoms with Crippen LogP contribution in [-0.4, -0.2) is 18.1 Å². The maximum absolute atomic E-state index is 12.3. The molecular weight excluding hydrogens is 254 g/mol. The van der Waals surface area contributed by atoms with Crippen molar-refractivity contribution in [3.05, 3.63) is 53.1 Å². The van der Waals surface area contributed by atoms with Crippen LogP contribution < -0.4 is 10.1 Å². The Hall–Kier alpha value is -2.49. The van der Waals surface area contributed by atoms with Crippen molar-refractivity contribution in [2.24, 2.45) is 0 Å². The minimum Gasteiger partial charge on any atom is -0.508 e. The van der Waals surface area contributed by atoms with Gasteiger partial charge in [-0.05, 0) is 55.3 Å².